The summed E-state index contributed by atoms with van der Waals surface area (Å²) in [4.78, 5) is 54.4. The fourth-order valence-electron chi connectivity index (χ4n) is 5.91. The second-order valence-corrected chi connectivity index (χ2v) is 14.8. The van der Waals surface area contributed by atoms with Gasteiger partial charge in [-0.1, -0.05) is 74.8 Å². The normalized spacial score (nSPS) is 27.8. The SMILES string of the molecule is Cc1ccc(C[C@H]2NC(=O)/C=C/C[C@@H]([C@H](C)C3OC3c3ccc(CN)cc3)OC(=O)[C@H](CC(C)C)NC(=O)C(C)(C)C(C)NC2=O)cc1Cl. The Morgan fingerprint density at radius 1 is 0.959 bits per heavy atom. The molecule has 10 nitrogen and oxygen atoms in total. The van der Waals surface area contributed by atoms with Crippen molar-refractivity contribution in [3.05, 3.63) is 81.9 Å². The minimum atomic E-state index is -1.12. The number of epoxide rings is 1. The third-order valence-corrected chi connectivity index (χ3v) is 10.1. The topological polar surface area (TPSA) is 152 Å². The summed E-state index contributed by atoms with van der Waals surface area (Å²) in [7, 11) is 0. The number of nitrogens with two attached hydrogens (primary N) is 1. The quantitative estimate of drug-likeness (QED) is 0.228. The zero-order chi connectivity index (χ0) is 36.0. The first kappa shape index (κ1) is 38.1. The van der Waals surface area contributed by atoms with Crippen LogP contribution in [0.4, 0.5) is 0 Å². The summed E-state index contributed by atoms with van der Waals surface area (Å²) in [6.07, 6.45) is 2.72. The second-order valence-electron chi connectivity index (χ2n) is 14.4. The third-order valence-electron chi connectivity index (χ3n) is 9.71. The van der Waals surface area contributed by atoms with Crippen molar-refractivity contribution in [3.8, 4) is 0 Å². The molecule has 11 heteroatoms. The van der Waals surface area contributed by atoms with Gasteiger partial charge in [-0.15, -0.1) is 0 Å². The number of rotatable bonds is 8. The van der Waals surface area contributed by atoms with Crippen LogP contribution < -0.4 is 21.7 Å². The first-order valence-corrected chi connectivity index (χ1v) is 17.5. The van der Waals surface area contributed by atoms with E-state index in [1.54, 1.807) is 32.9 Å². The maximum absolute atomic E-state index is 13.8. The minimum Gasteiger partial charge on any atom is -0.460 e. The van der Waals surface area contributed by atoms with Crippen molar-refractivity contribution in [2.75, 3.05) is 0 Å². The molecule has 2 aliphatic rings. The van der Waals surface area contributed by atoms with Gasteiger partial charge in [0.05, 0.1) is 11.5 Å². The fraction of sp³-hybridized carbons (Fsp3) is 0.526. The molecule has 266 valence electrons. The highest BCUT2D eigenvalue weighted by molar-refractivity contribution is 6.31. The number of aryl methyl sites for hydroxylation is 1. The molecule has 0 aromatic heterocycles. The molecule has 7 atom stereocenters. The first-order chi connectivity index (χ1) is 23.1. The van der Waals surface area contributed by atoms with Crippen LogP contribution in [-0.4, -0.2) is 54.0 Å². The average molecular weight is 695 g/mol. The van der Waals surface area contributed by atoms with Gasteiger partial charge < -0.3 is 31.2 Å². The van der Waals surface area contributed by atoms with E-state index in [4.69, 9.17) is 26.8 Å². The monoisotopic (exact) mass is 694 g/mol. The van der Waals surface area contributed by atoms with Crippen LogP contribution in [0.15, 0.2) is 54.6 Å². The number of hydrogen-bond acceptors (Lipinski definition) is 7. The largest absolute Gasteiger partial charge is 0.460 e. The highest BCUT2D eigenvalue weighted by atomic mass is 35.5. The highest BCUT2D eigenvalue weighted by Gasteiger charge is 2.48. The van der Waals surface area contributed by atoms with E-state index < -0.39 is 53.3 Å². The van der Waals surface area contributed by atoms with Gasteiger partial charge in [0.15, 0.2) is 0 Å². The lowest BCUT2D eigenvalue weighted by atomic mass is 9.83. The number of carbonyl (C=O) groups excluding carboxylic acids is 4. The third kappa shape index (κ3) is 9.93. The average Bonchev–Trinajstić information content (AvgIpc) is 3.85. The van der Waals surface area contributed by atoms with Gasteiger partial charge in [0.25, 0.3) is 0 Å². The van der Waals surface area contributed by atoms with Crippen LogP contribution in [0.1, 0.15) is 82.7 Å². The smallest absolute Gasteiger partial charge is 0.328 e. The number of hydrogen-bond donors (Lipinski definition) is 4. The molecule has 0 spiro atoms. The molecule has 0 aliphatic carbocycles. The Morgan fingerprint density at radius 2 is 1.63 bits per heavy atom. The molecule has 3 amide bonds. The Hall–Kier alpha value is -3.73. The Bertz CT molecular complexity index is 1540. The molecule has 4 rings (SSSR count). The molecule has 49 heavy (non-hydrogen) atoms. The number of cyclic esters (lactones) is 1. The molecule has 0 bridgehead atoms. The Kier molecular flexibility index (Phi) is 12.7. The molecule has 0 saturated carbocycles. The summed E-state index contributed by atoms with van der Waals surface area (Å²) in [6.45, 7) is 13.4. The number of amides is 3. The van der Waals surface area contributed by atoms with Crippen molar-refractivity contribution >= 4 is 35.3 Å². The fourth-order valence-corrected chi connectivity index (χ4v) is 6.11. The molecule has 3 unspecified atom stereocenters. The predicted octanol–water partition coefficient (Wildman–Crippen LogP) is 4.84. The summed E-state index contributed by atoms with van der Waals surface area (Å²) in [6, 6.07) is 10.9. The number of halogens is 1. The summed E-state index contributed by atoms with van der Waals surface area (Å²) in [5.74, 6) is -2.06. The molecule has 1 fully saturated rings. The maximum atomic E-state index is 13.8. The van der Waals surface area contributed by atoms with Gasteiger partial charge in [-0.2, -0.15) is 0 Å². The Balaban J connectivity index is 1.63. The number of ether oxygens (including phenoxy) is 2. The standard InChI is InChI=1S/C38H51ClN4O6/c1-21(2)17-30-36(46)48-31(23(4)33-34(49-33)27-15-13-25(20-40)14-16-27)9-8-10-32(44)42-29(19-26-12-11-22(3)28(39)18-26)35(45)41-24(5)38(6,7)37(47)43-30/h8,10-16,18,21,23-24,29-31,33-34H,9,17,19-20,40H2,1-7H3,(H,41,45)(H,42,44)(H,43,47)/b10-8+/t23-,24?,29+,30-,31-,33?,34?/m0/s1. The molecular weight excluding hydrogens is 644 g/mol. The number of benzene rings is 2. The molecule has 2 heterocycles. The van der Waals surface area contributed by atoms with E-state index in [2.05, 4.69) is 16.0 Å². The molecule has 2 aromatic rings. The van der Waals surface area contributed by atoms with Crippen molar-refractivity contribution in [1.29, 1.82) is 0 Å². The lowest BCUT2D eigenvalue weighted by Crippen LogP contribution is -2.58. The number of esters is 1. The lowest BCUT2D eigenvalue weighted by Gasteiger charge is -2.34. The predicted molar refractivity (Wildman–Crippen MR) is 189 cm³/mol. The van der Waals surface area contributed by atoms with E-state index in [1.165, 1.54) is 6.08 Å². The van der Waals surface area contributed by atoms with Gasteiger partial charge >= 0.3 is 5.97 Å². The van der Waals surface area contributed by atoms with Crippen LogP contribution in [0.3, 0.4) is 0 Å². The molecule has 0 radical (unpaired) electrons. The lowest BCUT2D eigenvalue weighted by molar-refractivity contribution is -0.157. The van der Waals surface area contributed by atoms with E-state index in [0.29, 0.717) is 18.0 Å². The highest BCUT2D eigenvalue weighted by Crippen LogP contribution is 2.45. The van der Waals surface area contributed by atoms with Gasteiger partial charge in [-0.25, -0.2) is 4.79 Å². The van der Waals surface area contributed by atoms with Crippen LogP contribution >= 0.6 is 11.6 Å². The molecule has 1 saturated heterocycles. The van der Waals surface area contributed by atoms with E-state index in [-0.39, 0.29) is 36.9 Å². The second kappa shape index (κ2) is 16.3. The van der Waals surface area contributed by atoms with Crippen LogP contribution in [-0.2, 0) is 41.6 Å². The van der Waals surface area contributed by atoms with Crippen molar-refractivity contribution in [1.82, 2.24) is 16.0 Å². The summed E-state index contributed by atoms with van der Waals surface area (Å²) >= 11 is 6.36. The van der Waals surface area contributed by atoms with Crippen LogP contribution in [0.25, 0.3) is 0 Å². The van der Waals surface area contributed by atoms with Gasteiger partial charge in [-0.3, -0.25) is 14.4 Å². The summed E-state index contributed by atoms with van der Waals surface area (Å²) < 4.78 is 12.2. The van der Waals surface area contributed by atoms with Gasteiger partial charge in [0, 0.05) is 36.4 Å². The summed E-state index contributed by atoms with van der Waals surface area (Å²) in [5, 5.41) is 9.23. The van der Waals surface area contributed by atoms with Gasteiger partial charge in [0.2, 0.25) is 17.7 Å². The van der Waals surface area contributed by atoms with Crippen LogP contribution in [0, 0.1) is 24.2 Å². The number of nitrogens with one attached hydrogen (secondary N) is 3. The van der Waals surface area contributed by atoms with Crippen LogP contribution in [0.5, 0.6) is 0 Å². The Morgan fingerprint density at radius 3 is 2.27 bits per heavy atom. The maximum Gasteiger partial charge on any atom is 0.328 e. The van der Waals surface area contributed by atoms with E-state index in [0.717, 1.165) is 22.3 Å². The minimum absolute atomic E-state index is 0.0758. The van der Waals surface area contributed by atoms with Gasteiger partial charge in [-0.05, 0) is 74.4 Å². The molecule has 2 aliphatic heterocycles. The van der Waals surface area contributed by atoms with E-state index >= 15 is 0 Å². The zero-order valence-corrected chi connectivity index (χ0v) is 30.3. The van der Waals surface area contributed by atoms with E-state index in [9.17, 15) is 19.2 Å². The zero-order valence-electron chi connectivity index (χ0n) is 29.5. The van der Waals surface area contributed by atoms with E-state index in [1.807, 2.05) is 64.1 Å². The van der Waals surface area contributed by atoms with Crippen molar-refractivity contribution in [3.63, 3.8) is 0 Å². The van der Waals surface area contributed by atoms with Crippen molar-refractivity contribution in [2.45, 2.75) is 111 Å². The first-order valence-electron chi connectivity index (χ1n) is 17.1. The van der Waals surface area contributed by atoms with Crippen molar-refractivity contribution < 1.29 is 28.7 Å². The Labute approximate surface area is 294 Å². The van der Waals surface area contributed by atoms with Gasteiger partial charge in [0.1, 0.15) is 24.3 Å². The molecular formula is C38H51ClN4O6. The molecule has 5 N–H and O–H groups in total. The van der Waals surface area contributed by atoms with Crippen molar-refractivity contribution in [2.24, 2.45) is 23.0 Å². The number of carbonyl (C=O) groups is 4. The van der Waals surface area contributed by atoms with Crippen LogP contribution in [0.2, 0.25) is 5.02 Å². The molecule has 2 aromatic carbocycles. The summed E-state index contributed by atoms with van der Waals surface area (Å²) in [5.41, 5.74) is 8.33.